The summed E-state index contributed by atoms with van der Waals surface area (Å²) in [5.41, 5.74) is 6.50. The van der Waals surface area contributed by atoms with Gasteiger partial charge in [-0.2, -0.15) is 0 Å². The van der Waals surface area contributed by atoms with Gasteiger partial charge in [0, 0.05) is 5.56 Å². The Hall–Kier alpha value is -3.13. The number of carbonyl (C=O) groups is 2. The molecule has 0 bridgehead atoms. The second kappa shape index (κ2) is 11.8. The molecule has 7 nitrogen and oxygen atoms in total. The molecule has 0 fully saturated rings. The molecule has 0 aliphatic carbocycles. The lowest BCUT2D eigenvalue weighted by atomic mass is 9.99. The summed E-state index contributed by atoms with van der Waals surface area (Å²) in [6, 6.07) is 14.3. The van der Waals surface area contributed by atoms with E-state index in [0.717, 1.165) is 6.42 Å². The first-order chi connectivity index (χ1) is 14.4. The number of hydrogen-bond donors (Lipinski definition) is 3. The van der Waals surface area contributed by atoms with Crippen LogP contribution in [0.2, 0.25) is 0 Å². The lowest BCUT2D eigenvalue weighted by Crippen LogP contribution is -2.49. The van der Waals surface area contributed by atoms with E-state index in [2.05, 4.69) is 30.0 Å². The molecule has 2 amide bonds. The first-order valence-corrected chi connectivity index (χ1v) is 10.2. The molecule has 2 aromatic carbocycles. The maximum Gasteiger partial charge on any atom is 0.276 e. The fourth-order valence-corrected chi connectivity index (χ4v) is 2.66. The standard InChI is InChI=1S/C22H27N3O4S/c1-4-15(3)16-6-10-19(11-7-16)29-14-20(26)24-25-22(30)23-21(27)17-8-12-18(13-9-17)28-5-2/h6-13,15H,4-5,14H2,1-3H3,(H,24,26)(H2,23,25,27,30)/t15-/m1/s1. The fourth-order valence-electron chi connectivity index (χ4n) is 2.52. The lowest BCUT2D eigenvalue weighted by Gasteiger charge is -2.12. The van der Waals surface area contributed by atoms with Gasteiger partial charge >= 0.3 is 0 Å². The summed E-state index contributed by atoms with van der Waals surface area (Å²) < 4.78 is 10.8. The van der Waals surface area contributed by atoms with E-state index in [1.165, 1.54) is 5.56 Å². The molecule has 8 heteroatoms. The normalized spacial score (nSPS) is 11.2. The minimum atomic E-state index is -0.432. The smallest absolute Gasteiger partial charge is 0.276 e. The van der Waals surface area contributed by atoms with Crippen molar-refractivity contribution >= 4 is 29.1 Å². The van der Waals surface area contributed by atoms with Gasteiger partial charge in [0.2, 0.25) is 0 Å². The van der Waals surface area contributed by atoms with Gasteiger partial charge < -0.3 is 9.47 Å². The summed E-state index contributed by atoms with van der Waals surface area (Å²) in [5.74, 6) is 0.923. The molecule has 0 aromatic heterocycles. The maximum atomic E-state index is 12.2. The zero-order valence-electron chi connectivity index (χ0n) is 17.4. The number of ether oxygens (including phenoxy) is 2. The molecule has 0 aliphatic heterocycles. The third kappa shape index (κ3) is 7.36. The Morgan fingerprint density at radius 1 is 0.933 bits per heavy atom. The summed E-state index contributed by atoms with van der Waals surface area (Å²) in [5, 5.41) is 2.46. The highest BCUT2D eigenvalue weighted by atomic mass is 32.1. The highest BCUT2D eigenvalue weighted by Gasteiger charge is 2.09. The molecule has 0 saturated heterocycles. The molecule has 2 rings (SSSR count). The Morgan fingerprint density at radius 2 is 1.53 bits per heavy atom. The summed E-state index contributed by atoms with van der Waals surface area (Å²) in [6.07, 6.45) is 1.06. The lowest BCUT2D eigenvalue weighted by molar-refractivity contribution is -0.123. The molecule has 2 aromatic rings. The van der Waals surface area contributed by atoms with Crippen molar-refractivity contribution in [3.05, 3.63) is 59.7 Å². The van der Waals surface area contributed by atoms with E-state index in [4.69, 9.17) is 21.7 Å². The van der Waals surface area contributed by atoms with Crippen molar-refractivity contribution in [1.29, 1.82) is 0 Å². The van der Waals surface area contributed by atoms with Crippen LogP contribution in [-0.4, -0.2) is 30.1 Å². The zero-order chi connectivity index (χ0) is 21.9. The van der Waals surface area contributed by atoms with E-state index in [1.54, 1.807) is 24.3 Å². The van der Waals surface area contributed by atoms with E-state index >= 15 is 0 Å². The molecule has 0 saturated carbocycles. The largest absolute Gasteiger partial charge is 0.494 e. The summed E-state index contributed by atoms with van der Waals surface area (Å²) in [4.78, 5) is 24.1. The van der Waals surface area contributed by atoms with Crippen molar-refractivity contribution in [2.45, 2.75) is 33.1 Å². The first-order valence-electron chi connectivity index (χ1n) is 9.78. The average Bonchev–Trinajstić information content (AvgIpc) is 2.76. The van der Waals surface area contributed by atoms with Crippen LogP contribution in [0.15, 0.2) is 48.5 Å². The Morgan fingerprint density at radius 3 is 2.13 bits per heavy atom. The average molecular weight is 430 g/mol. The van der Waals surface area contributed by atoms with Gasteiger partial charge in [-0.25, -0.2) is 0 Å². The number of rotatable bonds is 8. The summed E-state index contributed by atoms with van der Waals surface area (Å²) in [7, 11) is 0. The molecule has 0 heterocycles. The molecular weight excluding hydrogens is 402 g/mol. The third-order valence-corrected chi connectivity index (χ3v) is 4.61. The minimum Gasteiger partial charge on any atom is -0.494 e. The van der Waals surface area contributed by atoms with Crippen LogP contribution in [-0.2, 0) is 4.79 Å². The molecule has 0 aliphatic rings. The van der Waals surface area contributed by atoms with Crippen LogP contribution in [0, 0.1) is 0 Å². The number of hydrazine groups is 1. The van der Waals surface area contributed by atoms with Gasteiger partial charge in [0.15, 0.2) is 11.7 Å². The number of nitrogens with one attached hydrogen (secondary N) is 3. The van der Waals surface area contributed by atoms with Crippen LogP contribution < -0.4 is 25.6 Å². The molecule has 3 N–H and O–H groups in total. The number of amides is 2. The summed E-state index contributed by atoms with van der Waals surface area (Å²) in [6.45, 7) is 6.54. The highest BCUT2D eigenvalue weighted by molar-refractivity contribution is 7.80. The van der Waals surface area contributed by atoms with Crippen molar-refractivity contribution in [3.8, 4) is 11.5 Å². The number of carbonyl (C=O) groups excluding carboxylic acids is 2. The zero-order valence-corrected chi connectivity index (χ0v) is 18.2. The van der Waals surface area contributed by atoms with E-state index in [9.17, 15) is 9.59 Å². The van der Waals surface area contributed by atoms with Crippen LogP contribution in [0.5, 0.6) is 11.5 Å². The first kappa shape index (κ1) is 23.2. The van der Waals surface area contributed by atoms with Crippen molar-refractivity contribution in [2.75, 3.05) is 13.2 Å². The van der Waals surface area contributed by atoms with Gasteiger partial charge in [-0.3, -0.25) is 25.8 Å². The van der Waals surface area contributed by atoms with Gasteiger partial charge in [0.25, 0.3) is 11.8 Å². The highest BCUT2D eigenvalue weighted by Crippen LogP contribution is 2.21. The second-order valence-corrected chi connectivity index (χ2v) is 6.99. The Balaban J connectivity index is 1.72. The topological polar surface area (TPSA) is 88.7 Å². The van der Waals surface area contributed by atoms with Crippen molar-refractivity contribution in [1.82, 2.24) is 16.2 Å². The van der Waals surface area contributed by atoms with Crippen molar-refractivity contribution in [2.24, 2.45) is 0 Å². The molecule has 0 spiro atoms. The monoisotopic (exact) mass is 429 g/mol. The van der Waals surface area contributed by atoms with Gasteiger partial charge in [0.05, 0.1) is 6.61 Å². The molecule has 160 valence electrons. The Kier molecular flexibility index (Phi) is 9.08. The molecular formula is C22H27N3O4S. The minimum absolute atomic E-state index is 0.0276. The maximum absolute atomic E-state index is 12.2. The number of thiocarbonyl (C=S) groups is 1. The van der Waals surface area contributed by atoms with E-state index in [-0.39, 0.29) is 11.7 Å². The second-order valence-electron chi connectivity index (χ2n) is 6.58. The van der Waals surface area contributed by atoms with E-state index < -0.39 is 11.8 Å². The van der Waals surface area contributed by atoms with Gasteiger partial charge in [-0.05, 0) is 73.4 Å². The molecule has 30 heavy (non-hydrogen) atoms. The van der Waals surface area contributed by atoms with Crippen molar-refractivity contribution < 1.29 is 19.1 Å². The molecule has 1 atom stereocenters. The van der Waals surface area contributed by atoms with Crippen LogP contribution in [0.1, 0.15) is 49.0 Å². The third-order valence-electron chi connectivity index (χ3n) is 4.40. The number of benzene rings is 2. The van der Waals surface area contributed by atoms with Crippen LogP contribution in [0.3, 0.4) is 0 Å². The Labute approximate surface area is 182 Å². The summed E-state index contributed by atoms with van der Waals surface area (Å²) >= 11 is 5.02. The van der Waals surface area contributed by atoms with Gasteiger partial charge in [-0.15, -0.1) is 0 Å². The predicted octanol–water partition coefficient (Wildman–Crippen LogP) is 3.31. The number of hydrogen-bond acceptors (Lipinski definition) is 5. The predicted molar refractivity (Wildman–Crippen MR) is 120 cm³/mol. The Bertz CT molecular complexity index is 854. The van der Waals surface area contributed by atoms with Crippen LogP contribution >= 0.6 is 12.2 Å². The molecule has 0 radical (unpaired) electrons. The van der Waals surface area contributed by atoms with Crippen LogP contribution in [0.25, 0.3) is 0 Å². The van der Waals surface area contributed by atoms with Gasteiger partial charge in [0.1, 0.15) is 11.5 Å². The van der Waals surface area contributed by atoms with E-state index in [0.29, 0.717) is 29.6 Å². The SMILES string of the molecule is CCOc1ccc(C(=O)NC(=S)NNC(=O)COc2ccc([C@H](C)CC)cc2)cc1. The van der Waals surface area contributed by atoms with Gasteiger partial charge in [-0.1, -0.05) is 26.0 Å². The molecule has 0 unspecified atom stereocenters. The fraction of sp³-hybridized carbons (Fsp3) is 0.318. The van der Waals surface area contributed by atoms with Crippen LogP contribution in [0.4, 0.5) is 0 Å². The van der Waals surface area contributed by atoms with E-state index in [1.807, 2.05) is 31.2 Å². The van der Waals surface area contributed by atoms with Crippen molar-refractivity contribution in [3.63, 3.8) is 0 Å². The quantitative estimate of drug-likeness (QED) is 0.441.